The summed E-state index contributed by atoms with van der Waals surface area (Å²) in [6.07, 6.45) is 4.74. The number of nitrogens with one attached hydrogen (secondary N) is 1. The van der Waals surface area contributed by atoms with Gasteiger partial charge in [-0.25, -0.2) is 0 Å². The molecule has 2 rings (SSSR count). The molecule has 2 nitrogen and oxygen atoms in total. The van der Waals surface area contributed by atoms with Gasteiger partial charge in [-0.1, -0.05) is 20.3 Å². The molecule has 2 N–H and O–H groups in total. The van der Waals surface area contributed by atoms with Crippen LogP contribution in [0, 0.1) is 5.92 Å². The number of hydrogen-bond acceptors (Lipinski definition) is 2. The second-order valence-corrected chi connectivity index (χ2v) is 3.88. The molecule has 1 aliphatic carbocycles. The molecule has 3 atom stereocenters. The predicted molar refractivity (Wildman–Crippen MR) is 51.1 cm³/mol. The molecular formula is C10H21NO. The van der Waals surface area contributed by atoms with Crippen LogP contribution in [0.2, 0.25) is 0 Å². The van der Waals surface area contributed by atoms with Crippen molar-refractivity contribution in [3.63, 3.8) is 0 Å². The first kappa shape index (κ1) is 10.0. The van der Waals surface area contributed by atoms with Gasteiger partial charge in [-0.3, -0.25) is 0 Å². The van der Waals surface area contributed by atoms with Crippen molar-refractivity contribution in [2.75, 3.05) is 6.54 Å². The summed E-state index contributed by atoms with van der Waals surface area (Å²) in [5, 5.41) is 12.7. The fourth-order valence-corrected chi connectivity index (χ4v) is 2.12. The predicted octanol–water partition coefficient (Wildman–Crippen LogP) is 1.54. The molecule has 0 aromatic heterocycles. The van der Waals surface area contributed by atoms with Crippen LogP contribution < -0.4 is 5.32 Å². The summed E-state index contributed by atoms with van der Waals surface area (Å²) in [6, 6.07) is 0.449. The van der Waals surface area contributed by atoms with Gasteiger partial charge in [0.25, 0.3) is 0 Å². The molecule has 1 unspecified atom stereocenters. The van der Waals surface area contributed by atoms with Crippen LogP contribution in [0.4, 0.5) is 0 Å². The average Bonchev–Trinajstić information content (AvgIpc) is 2.57. The first-order chi connectivity index (χ1) is 5.79. The third-order valence-corrected chi connectivity index (χ3v) is 2.65. The molecule has 2 heteroatoms. The molecule has 2 aliphatic rings. The largest absolute Gasteiger partial charge is 0.391 e. The third kappa shape index (κ3) is 2.20. The zero-order valence-corrected chi connectivity index (χ0v) is 8.21. The van der Waals surface area contributed by atoms with Crippen molar-refractivity contribution < 1.29 is 5.11 Å². The Hall–Kier alpha value is -0.0800. The van der Waals surface area contributed by atoms with E-state index in [2.05, 4.69) is 19.2 Å². The smallest absolute Gasteiger partial charge is 0.0696 e. The molecule has 2 fully saturated rings. The molecule has 72 valence electrons. The van der Waals surface area contributed by atoms with E-state index in [4.69, 9.17) is 0 Å². The number of rotatable bonds is 0. The number of aliphatic hydroxyl groups is 1. The maximum absolute atomic E-state index is 9.34. The quantitative estimate of drug-likeness (QED) is 0.579. The lowest BCUT2D eigenvalue weighted by atomic mass is 10.0. The summed E-state index contributed by atoms with van der Waals surface area (Å²) in [4.78, 5) is 0. The van der Waals surface area contributed by atoms with E-state index >= 15 is 0 Å². The molecule has 1 aliphatic heterocycles. The standard InChI is InChI=1S/C7H13NO.C3H8/c9-6-2-1-5-3-4-8-7(5)6;1-3-2/h5-9H,1-4H2;3H2,1-2H3/t5-,6?,7+;/m1./s1. The van der Waals surface area contributed by atoms with Crippen LogP contribution in [0.15, 0.2) is 0 Å². The van der Waals surface area contributed by atoms with Crippen molar-refractivity contribution in [1.29, 1.82) is 0 Å². The van der Waals surface area contributed by atoms with E-state index < -0.39 is 0 Å². The highest BCUT2D eigenvalue weighted by Gasteiger charge is 2.37. The zero-order chi connectivity index (χ0) is 8.97. The minimum Gasteiger partial charge on any atom is -0.391 e. The Balaban J connectivity index is 0.000000213. The van der Waals surface area contributed by atoms with Crippen molar-refractivity contribution in [3.05, 3.63) is 0 Å². The summed E-state index contributed by atoms with van der Waals surface area (Å²) >= 11 is 0. The highest BCUT2D eigenvalue weighted by atomic mass is 16.3. The van der Waals surface area contributed by atoms with E-state index in [0.29, 0.717) is 6.04 Å². The van der Waals surface area contributed by atoms with Crippen molar-refractivity contribution in [2.24, 2.45) is 5.92 Å². The van der Waals surface area contributed by atoms with Crippen molar-refractivity contribution >= 4 is 0 Å². The lowest BCUT2D eigenvalue weighted by Gasteiger charge is -2.11. The van der Waals surface area contributed by atoms with Gasteiger partial charge >= 0.3 is 0 Å². The first-order valence-electron chi connectivity index (χ1n) is 5.21. The van der Waals surface area contributed by atoms with E-state index in [-0.39, 0.29) is 6.10 Å². The van der Waals surface area contributed by atoms with Gasteiger partial charge < -0.3 is 10.4 Å². The molecule has 1 heterocycles. The summed E-state index contributed by atoms with van der Waals surface area (Å²) in [5.74, 6) is 0.792. The average molecular weight is 171 g/mol. The zero-order valence-electron chi connectivity index (χ0n) is 8.21. The monoisotopic (exact) mass is 171 g/mol. The van der Waals surface area contributed by atoms with Gasteiger partial charge in [-0.2, -0.15) is 0 Å². The van der Waals surface area contributed by atoms with E-state index in [1.54, 1.807) is 0 Å². The highest BCUT2D eigenvalue weighted by molar-refractivity contribution is 4.94. The minimum atomic E-state index is -0.0440. The van der Waals surface area contributed by atoms with E-state index in [9.17, 15) is 5.11 Å². The molecule has 0 spiro atoms. The second kappa shape index (κ2) is 4.83. The Morgan fingerprint density at radius 3 is 2.50 bits per heavy atom. The number of aliphatic hydroxyl groups excluding tert-OH is 1. The van der Waals surface area contributed by atoms with Gasteiger partial charge in [0.05, 0.1) is 6.10 Å². The van der Waals surface area contributed by atoms with Crippen LogP contribution in [-0.2, 0) is 0 Å². The topological polar surface area (TPSA) is 32.3 Å². The van der Waals surface area contributed by atoms with Gasteiger partial charge in [-0.15, -0.1) is 0 Å². The fourth-order valence-electron chi connectivity index (χ4n) is 2.12. The normalized spacial score (nSPS) is 38.8. The van der Waals surface area contributed by atoms with Crippen molar-refractivity contribution in [3.8, 4) is 0 Å². The Morgan fingerprint density at radius 1 is 1.25 bits per heavy atom. The summed E-state index contributed by atoms with van der Waals surface area (Å²) < 4.78 is 0. The van der Waals surface area contributed by atoms with Crippen molar-refractivity contribution in [1.82, 2.24) is 5.32 Å². The molecule has 12 heavy (non-hydrogen) atoms. The van der Waals surface area contributed by atoms with Crippen LogP contribution >= 0.6 is 0 Å². The van der Waals surface area contributed by atoms with Gasteiger partial charge in [0.1, 0.15) is 0 Å². The Morgan fingerprint density at radius 2 is 1.92 bits per heavy atom. The molecule has 0 radical (unpaired) electrons. The van der Waals surface area contributed by atoms with Crippen LogP contribution in [-0.4, -0.2) is 23.8 Å². The molecule has 0 bridgehead atoms. The maximum Gasteiger partial charge on any atom is 0.0696 e. The second-order valence-electron chi connectivity index (χ2n) is 3.88. The van der Waals surface area contributed by atoms with E-state index in [0.717, 1.165) is 18.9 Å². The molecule has 1 saturated carbocycles. The molecule has 1 saturated heterocycles. The maximum atomic E-state index is 9.34. The Bertz CT molecular complexity index is 127. The highest BCUT2D eigenvalue weighted by Crippen LogP contribution is 2.31. The molecular weight excluding hydrogens is 150 g/mol. The van der Waals surface area contributed by atoms with Gasteiger partial charge in [0.15, 0.2) is 0 Å². The Labute approximate surface area is 75.4 Å². The number of fused-ring (bicyclic) bond motifs is 1. The van der Waals surface area contributed by atoms with Crippen LogP contribution in [0.25, 0.3) is 0 Å². The summed E-state index contributed by atoms with van der Waals surface area (Å²) in [5.41, 5.74) is 0. The molecule has 0 aromatic rings. The number of hydrogen-bond donors (Lipinski definition) is 2. The third-order valence-electron chi connectivity index (χ3n) is 2.65. The van der Waals surface area contributed by atoms with E-state index in [1.807, 2.05) is 0 Å². The minimum absolute atomic E-state index is 0.0440. The van der Waals surface area contributed by atoms with E-state index in [1.165, 1.54) is 19.3 Å². The summed E-state index contributed by atoms with van der Waals surface area (Å²) in [6.45, 7) is 5.37. The Kier molecular flexibility index (Phi) is 4.02. The fraction of sp³-hybridized carbons (Fsp3) is 1.00. The molecule has 0 aromatic carbocycles. The van der Waals surface area contributed by atoms with Crippen molar-refractivity contribution in [2.45, 2.75) is 51.7 Å². The van der Waals surface area contributed by atoms with Crippen LogP contribution in [0.3, 0.4) is 0 Å². The van der Waals surface area contributed by atoms with Crippen LogP contribution in [0.1, 0.15) is 39.5 Å². The SMILES string of the molecule is CCC.OC1CC[C@@H]2CCN[C@H]12. The van der Waals surface area contributed by atoms with Gasteiger partial charge in [0.2, 0.25) is 0 Å². The van der Waals surface area contributed by atoms with Gasteiger partial charge in [-0.05, 0) is 31.7 Å². The van der Waals surface area contributed by atoms with Gasteiger partial charge in [0, 0.05) is 6.04 Å². The lowest BCUT2D eigenvalue weighted by Crippen LogP contribution is -2.33. The first-order valence-corrected chi connectivity index (χ1v) is 5.21. The lowest BCUT2D eigenvalue weighted by molar-refractivity contribution is 0.151. The summed E-state index contributed by atoms with van der Waals surface area (Å²) in [7, 11) is 0. The van der Waals surface area contributed by atoms with Crippen LogP contribution in [0.5, 0.6) is 0 Å². The molecule has 0 amide bonds.